The number of nitrogen functional groups attached to an aromatic ring is 1. The first-order valence-electron chi connectivity index (χ1n) is 5.82. The van der Waals surface area contributed by atoms with Gasteiger partial charge in [-0.2, -0.15) is 5.10 Å². The zero-order valence-electron chi connectivity index (χ0n) is 10.4. The number of rotatable bonds is 3. The number of halogens is 2. The lowest BCUT2D eigenvalue weighted by Crippen LogP contribution is -1.99. The lowest BCUT2D eigenvalue weighted by Gasteiger charge is -2.05. The van der Waals surface area contributed by atoms with Crippen LogP contribution in [-0.2, 0) is 13.5 Å². The van der Waals surface area contributed by atoms with Crippen molar-refractivity contribution in [2.45, 2.75) is 19.8 Å². The molecule has 0 radical (unpaired) electrons. The van der Waals surface area contributed by atoms with E-state index < -0.39 is 0 Å². The van der Waals surface area contributed by atoms with Gasteiger partial charge in [0.1, 0.15) is 17.3 Å². The Morgan fingerprint density at radius 2 is 2.17 bits per heavy atom. The summed E-state index contributed by atoms with van der Waals surface area (Å²) in [5.74, 6) is 0.307. The number of anilines is 1. The molecular formula is C13H15BrFN3. The predicted octanol–water partition coefficient (Wildman–Crippen LogP) is 3.52. The molecule has 0 aliphatic heterocycles. The van der Waals surface area contributed by atoms with Gasteiger partial charge in [0.25, 0.3) is 0 Å². The van der Waals surface area contributed by atoms with E-state index in [9.17, 15) is 4.39 Å². The maximum Gasteiger partial charge on any atom is 0.133 e. The smallest absolute Gasteiger partial charge is 0.133 e. The molecule has 1 heterocycles. The second-order valence-corrected chi connectivity index (χ2v) is 5.04. The first kappa shape index (κ1) is 13.1. The van der Waals surface area contributed by atoms with E-state index in [1.54, 1.807) is 23.9 Å². The summed E-state index contributed by atoms with van der Waals surface area (Å²) < 4.78 is 16.3. The highest BCUT2D eigenvalue weighted by molar-refractivity contribution is 9.10. The standard InChI is InChI=1S/C13H15BrFN3/c1-3-5-8-12(17-18(2)13(8)16)11-9(14)6-4-7-10(11)15/h4,6-7H,3,5,16H2,1-2H3. The summed E-state index contributed by atoms with van der Waals surface area (Å²) in [5.41, 5.74) is 8.00. The van der Waals surface area contributed by atoms with Gasteiger partial charge in [0.15, 0.2) is 0 Å². The summed E-state index contributed by atoms with van der Waals surface area (Å²) >= 11 is 3.37. The van der Waals surface area contributed by atoms with Gasteiger partial charge >= 0.3 is 0 Å². The van der Waals surface area contributed by atoms with Crippen LogP contribution in [-0.4, -0.2) is 9.78 Å². The molecule has 0 fully saturated rings. The maximum atomic E-state index is 14.0. The third-order valence-corrected chi connectivity index (χ3v) is 3.55. The molecule has 0 spiro atoms. The predicted molar refractivity (Wildman–Crippen MR) is 74.7 cm³/mol. The summed E-state index contributed by atoms with van der Waals surface area (Å²) in [6.07, 6.45) is 1.73. The number of hydrogen-bond acceptors (Lipinski definition) is 2. The van der Waals surface area contributed by atoms with Crippen LogP contribution in [0.3, 0.4) is 0 Å². The fourth-order valence-electron chi connectivity index (χ4n) is 2.00. The minimum Gasteiger partial charge on any atom is -0.384 e. The number of aromatic nitrogens is 2. The number of aryl methyl sites for hydroxylation is 1. The second kappa shape index (κ2) is 5.10. The minimum absolute atomic E-state index is 0.292. The van der Waals surface area contributed by atoms with Crippen molar-refractivity contribution < 1.29 is 4.39 Å². The third kappa shape index (κ3) is 2.14. The molecule has 0 aliphatic carbocycles. The molecule has 96 valence electrons. The van der Waals surface area contributed by atoms with Crippen LogP contribution in [0.2, 0.25) is 0 Å². The van der Waals surface area contributed by atoms with Gasteiger partial charge in [-0.15, -0.1) is 0 Å². The lowest BCUT2D eigenvalue weighted by molar-refractivity contribution is 0.629. The quantitative estimate of drug-likeness (QED) is 0.942. The van der Waals surface area contributed by atoms with Crippen LogP contribution in [0, 0.1) is 5.82 Å². The Morgan fingerprint density at radius 3 is 2.78 bits per heavy atom. The topological polar surface area (TPSA) is 43.8 Å². The first-order chi connectivity index (χ1) is 8.56. The van der Waals surface area contributed by atoms with Crippen molar-refractivity contribution in [2.24, 2.45) is 7.05 Å². The van der Waals surface area contributed by atoms with E-state index in [1.165, 1.54) is 6.07 Å². The number of benzene rings is 1. The van der Waals surface area contributed by atoms with Gasteiger partial charge in [-0.05, 0) is 34.5 Å². The molecule has 2 aromatic rings. The fourth-order valence-corrected chi connectivity index (χ4v) is 2.53. The summed E-state index contributed by atoms with van der Waals surface area (Å²) in [6.45, 7) is 2.06. The molecule has 2 rings (SSSR count). The molecule has 1 aromatic heterocycles. The molecule has 0 unspecified atom stereocenters. The summed E-state index contributed by atoms with van der Waals surface area (Å²) in [5, 5.41) is 4.34. The summed E-state index contributed by atoms with van der Waals surface area (Å²) in [6, 6.07) is 4.90. The van der Waals surface area contributed by atoms with Crippen LogP contribution >= 0.6 is 15.9 Å². The van der Waals surface area contributed by atoms with Crippen molar-refractivity contribution in [3.63, 3.8) is 0 Å². The minimum atomic E-state index is -0.292. The molecule has 0 bridgehead atoms. The van der Waals surface area contributed by atoms with E-state index in [2.05, 4.69) is 28.0 Å². The van der Waals surface area contributed by atoms with Crippen molar-refractivity contribution in [3.05, 3.63) is 34.1 Å². The average Bonchev–Trinajstić information content (AvgIpc) is 2.58. The summed E-state index contributed by atoms with van der Waals surface area (Å²) in [7, 11) is 1.77. The van der Waals surface area contributed by atoms with Gasteiger partial charge in [0, 0.05) is 17.1 Å². The van der Waals surface area contributed by atoms with Gasteiger partial charge < -0.3 is 5.73 Å². The van der Waals surface area contributed by atoms with Crippen molar-refractivity contribution >= 4 is 21.7 Å². The van der Waals surface area contributed by atoms with E-state index >= 15 is 0 Å². The van der Waals surface area contributed by atoms with Crippen LogP contribution in [0.4, 0.5) is 10.2 Å². The molecule has 0 amide bonds. The molecule has 1 aromatic carbocycles. The van der Waals surface area contributed by atoms with Gasteiger partial charge in [0.2, 0.25) is 0 Å². The van der Waals surface area contributed by atoms with Gasteiger partial charge in [-0.1, -0.05) is 19.4 Å². The molecule has 18 heavy (non-hydrogen) atoms. The lowest BCUT2D eigenvalue weighted by atomic mass is 10.0. The Bertz CT molecular complexity index is 558. The number of nitrogens with zero attached hydrogens (tertiary/aromatic N) is 2. The van der Waals surface area contributed by atoms with Crippen LogP contribution in [0.15, 0.2) is 22.7 Å². The van der Waals surface area contributed by atoms with Gasteiger partial charge in [-0.25, -0.2) is 4.39 Å². The zero-order chi connectivity index (χ0) is 13.3. The van der Waals surface area contributed by atoms with Gasteiger partial charge in [0.05, 0.1) is 5.56 Å². The van der Waals surface area contributed by atoms with E-state index in [4.69, 9.17) is 5.73 Å². The van der Waals surface area contributed by atoms with Crippen LogP contribution in [0.1, 0.15) is 18.9 Å². The maximum absolute atomic E-state index is 14.0. The molecule has 0 saturated heterocycles. The molecule has 2 N–H and O–H groups in total. The molecule has 0 aliphatic rings. The Morgan fingerprint density at radius 1 is 1.44 bits per heavy atom. The zero-order valence-corrected chi connectivity index (χ0v) is 12.0. The normalized spacial score (nSPS) is 10.9. The van der Waals surface area contributed by atoms with Crippen molar-refractivity contribution in [2.75, 3.05) is 5.73 Å². The van der Waals surface area contributed by atoms with Crippen molar-refractivity contribution in [1.82, 2.24) is 9.78 Å². The van der Waals surface area contributed by atoms with Crippen molar-refractivity contribution in [3.8, 4) is 11.3 Å². The van der Waals surface area contributed by atoms with E-state index in [0.29, 0.717) is 21.5 Å². The average molecular weight is 312 g/mol. The SMILES string of the molecule is CCCc1c(-c2c(F)cccc2Br)nn(C)c1N. The van der Waals surface area contributed by atoms with E-state index in [0.717, 1.165) is 18.4 Å². The van der Waals surface area contributed by atoms with Crippen LogP contribution in [0.25, 0.3) is 11.3 Å². The van der Waals surface area contributed by atoms with E-state index in [1.807, 2.05) is 0 Å². The van der Waals surface area contributed by atoms with E-state index in [-0.39, 0.29) is 5.82 Å². The largest absolute Gasteiger partial charge is 0.384 e. The Labute approximate surface area is 114 Å². The van der Waals surface area contributed by atoms with Crippen molar-refractivity contribution in [1.29, 1.82) is 0 Å². The van der Waals surface area contributed by atoms with Gasteiger partial charge in [-0.3, -0.25) is 4.68 Å². The highest BCUT2D eigenvalue weighted by Crippen LogP contribution is 2.34. The highest BCUT2D eigenvalue weighted by Gasteiger charge is 2.19. The molecule has 0 atom stereocenters. The Balaban J connectivity index is 2.67. The Hall–Kier alpha value is -1.36. The Kier molecular flexibility index (Phi) is 3.71. The second-order valence-electron chi connectivity index (χ2n) is 4.18. The molecule has 0 saturated carbocycles. The molecule has 3 nitrogen and oxygen atoms in total. The monoisotopic (exact) mass is 311 g/mol. The number of nitrogens with two attached hydrogens (primary N) is 1. The highest BCUT2D eigenvalue weighted by atomic mass is 79.9. The molecular weight excluding hydrogens is 297 g/mol. The third-order valence-electron chi connectivity index (χ3n) is 2.89. The molecule has 5 heteroatoms. The first-order valence-corrected chi connectivity index (χ1v) is 6.61. The summed E-state index contributed by atoms with van der Waals surface area (Å²) in [4.78, 5) is 0. The van der Waals surface area contributed by atoms with Crippen LogP contribution in [0.5, 0.6) is 0 Å². The fraction of sp³-hybridized carbons (Fsp3) is 0.308. The van der Waals surface area contributed by atoms with Crippen LogP contribution < -0.4 is 5.73 Å². The number of hydrogen-bond donors (Lipinski definition) is 1.